The van der Waals surface area contributed by atoms with Crippen LogP contribution < -0.4 is 4.72 Å². The fourth-order valence-corrected chi connectivity index (χ4v) is 1.78. The van der Waals surface area contributed by atoms with E-state index in [-0.39, 0.29) is 4.90 Å². The van der Waals surface area contributed by atoms with Crippen LogP contribution in [0.25, 0.3) is 0 Å². The second kappa shape index (κ2) is 4.69. The van der Waals surface area contributed by atoms with Gasteiger partial charge in [0.25, 0.3) is 0 Å². The molecule has 0 radical (unpaired) electrons. The Labute approximate surface area is 90.2 Å². The zero-order valence-electron chi connectivity index (χ0n) is 9.06. The standard InChI is InChI=1S/C9H15N3O2S/c1-10-15(13,14)9-5-4-8(11-6-9)7-12(2)3/h4-6,10H,7H2,1-3H3. The number of pyridine rings is 1. The summed E-state index contributed by atoms with van der Waals surface area (Å²) < 4.78 is 25.0. The first kappa shape index (κ1) is 12.1. The van der Waals surface area contributed by atoms with Crippen LogP contribution in [0.15, 0.2) is 23.2 Å². The molecule has 1 N–H and O–H groups in total. The molecule has 15 heavy (non-hydrogen) atoms. The molecular weight excluding hydrogens is 214 g/mol. The largest absolute Gasteiger partial charge is 0.304 e. The predicted octanol–water partition coefficient (Wildman–Crippen LogP) is 0.0513. The molecule has 0 amide bonds. The van der Waals surface area contributed by atoms with Crippen LogP contribution in [-0.4, -0.2) is 39.4 Å². The van der Waals surface area contributed by atoms with Crippen molar-refractivity contribution in [3.05, 3.63) is 24.0 Å². The fraction of sp³-hybridized carbons (Fsp3) is 0.444. The number of hydrogen-bond acceptors (Lipinski definition) is 4. The number of nitrogens with one attached hydrogen (secondary N) is 1. The van der Waals surface area contributed by atoms with Crippen LogP contribution in [0.5, 0.6) is 0 Å². The van der Waals surface area contributed by atoms with Crippen LogP contribution in [-0.2, 0) is 16.6 Å². The molecule has 0 aliphatic heterocycles. The third kappa shape index (κ3) is 3.26. The summed E-state index contributed by atoms with van der Waals surface area (Å²) in [6, 6.07) is 3.27. The van der Waals surface area contributed by atoms with E-state index < -0.39 is 10.0 Å². The van der Waals surface area contributed by atoms with Crippen molar-refractivity contribution in [1.82, 2.24) is 14.6 Å². The second-order valence-electron chi connectivity index (χ2n) is 3.43. The Bertz CT molecular complexity index is 411. The molecule has 0 aromatic carbocycles. The SMILES string of the molecule is CNS(=O)(=O)c1ccc(CN(C)C)nc1. The predicted molar refractivity (Wildman–Crippen MR) is 57.9 cm³/mol. The third-order valence-corrected chi connectivity index (χ3v) is 3.25. The molecule has 1 rings (SSSR count). The quantitative estimate of drug-likeness (QED) is 0.792. The van der Waals surface area contributed by atoms with E-state index in [1.165, 1.54) is 13.2 Å². The molecule has 0 aliphatic rings. The van der Waals surface area contributed by atoms with E-state index in [0.717, 1.165) is 5.69 Å². The van der Waals surface area contributed by atoms with Crippen LogP contribution in [0, 0.1) is 0 Å². The Balaban J connectivity index is 2.91. The minimum atomic E-state index is -3.37. The van der Waals surface area contributed by atoms with Crippen molar-refractivity contribution in [3.63, 3.8) is 0 Å². The van der Waals surface area contributed by atoms with E-state index in [0.29, 0.717) is 6.54 Å². The molecule has 0 unspecified atom stereocenters. The number of nitrogens with zero attached hydrogens (tertiary/aromatic N) is 2. The Morgan fingerprint density at radius 3 is 2.47 bits per heavy atom. The monoisotopic (exact) mass is 229 g/mol. The Hall–Kier alpha value is -0.980. The normalized spacial score (nSPS) is 12.0. The maximum absolute atomic E-state index is 11.4. The van der Waals surface area contributed by atoms with Gasteiger partial charge in [-0.2, -0.15) is 0 Å². The molecule has 84 valence electrons. The van der Waals surface area contributed by atoms with Crippen LogP contribution in [0.2, 0.25) is 0 Å². The minimum absolute atomic E-state index is 0.188. The average molecular weight is 229 g/mol. The molecule has 6 heteroatoms. The molecule has 1 aromatic heterocycles. The van der Waals surface area contributed by atoms with E-state index in [2.05, 4.69) is 9.71 Å². The van der Waals surface area contributed by atoms with Gasteiger partial charge < -0.3 is 4.90 Å². The van der Waals surface area contributed by atoms with Crippen LogP contribution in [0.1, 0.15) is 5.69 Å². The molecule has 0 saturated heterocycles. The van der Waals surface area contributed by atoms with Gasteiger partial charge in [0, 0.05) is 12.7 Å². The highest BCUT2D eigenvalue weighted by molar-refractivity contribution is 7.89. The molecule has 0 spiro atoms. The molecular formula is C9H15N3O2S. The number of rotatable bonds is 4. The summed E-state index contributed by atoms with van der Waals surface area (Å²) in [6.07, 6.45) is 1.37. The highest BCUT2D eigenvalue weighted by Gasteiger charge is 2.11. The van der Waals surface area contributed by atoms with E-state index in [4.69, 9.17) is 0 Å². The summed E-state index contributed by atoms with van der Waals surface area (Å²) in [5.74, 6) is 0. The lowest BCUT2D eigenvalue weighted by Gasteiger charge is -2.09. The van der Waals surface area contributed by atoms with Crippen LogP contribution in [0.3, 0.4) is 0 Å². The number of aromatic nitrogens is 1. The Kier molecular flexibility index (Phi) is 3.78. The lowest BCUT2D eigenvalue weighted by molar-refractivity contribution is 0.396. The van der Waals surface area contributed by atoms with Crippen molar-refractivity contribution in [2.24, 2.45) is 0 Å². The second-order valence-corrected chi connectivity index (χ2v) is 5.32. The summed E-state index contributed by atoms with van der Waals surface area (Å²) >= 11 is 0. The zero-order valence-corrected chi connectivity index (χ0v) is 9.87. The van der Waals surface area contributed by atoms with Crippen molar-refractivity contribution >= 4 is 10.0 Å². The lowest BCUT2D eigenvalue weighted by Crippen LogP contribution is -2.19. The highest BCUT2D eigenvalue weighted by Crippen LogP contribution is 2.07. The van der Waals surface area contributed by atoms with Gasteiger partial charge in [-0.1, -0.05) is 0 Å². The van der Waals surface area contributed by atoms with E-state index >= 15 is 0 Å². The summed E-state index contributed by atoms with van der Waals surface area (Å²) in [6.45, 7) is 0.694. The maximum Gasteiger partial charge on any atom is 0.241 e. The molecule has 1 heterocycles. The fourth-order valence-electron chi connectivity index (χ4n) is 1.11. The molecule has 0 bridgehead atoms. The molecule has 0 fully saturated rings. The molecule has 5 nitrogen and oxygen atoms in total. The first-order valence-corrected chi connectivity index (χ1v) is 5.97. The summed E-state index contributed by atoms with van der Waals surface area (Å²) in [5.41, 5.74) is 0.843. The summed E-state index contributed by atoms with van der Waals surface area (Å²) in [4.78, 5) is 6.23. The lowest BCUT2D eigenvalue weighted by atomic mass is 10.3. The van der Waals surface area contributed by atoms with Crippen LogP contribution >= 0.6 is 0 Å². The first-order valence-electron chi connectivity index (χ1n) is 4.49. The van der Waals surface area contributed by atoms with Gasteiger partial charge in [0.15, 0.2) is 0 Å². The molecule has 0 atom stereocenters. The van der Waals surface area contributed by atoms with Gasteiger partial charge in [0.2, 0.25) is 10.0 Å². The minimum Gasteiger partial charge on any atom is -0.304 e. The molecule has 0 aliphatic carbocycles. The van der Waals surface area contributed by atoms with E-state index in [1.807, 2.05) is 19.0 Å². The summed E-state index contributed by atoms with van der Waals surface area (Å²) in [7, 11) is 1.87. The number of sulfonamides is 1. The van der Waals surface area contributed by atoms with E-state index in [9.17, 15) is 8.42 Å². The number of hydrogen-bond donors (Lipinski definition) is 1. The van der Waals surface area contributed by atoms with Gasteiger partial charge in [0.05, 0.1) is 5.69 Å². The molecule has 0 saturated carbocycles. The van der Waals surface area contributed by atoms with Crippen molar-refractivity contribution in [1.29, 1.82) is 0 Å². The van der Waals surface area contributed by atoms with Gasteiger partial charge in [-0.3, -0.25) is 4.98 Å². The zero-order chi connectivity index (χ0) is 11.5. The third-order valence-electron chi connectivity index (χ3n) is 1.85. The first-order chi connectivity index (χ1) is 6.95. The van der Waals surface area contributed by atoms with Crippen molar-refractivity contribution in [2.45, 2.75) is 11.4 Å². The van der Waals surface area contributed by atoms with Gasteiger partial charge in [-0.05, 0) is 33.3 Å². The topological polar surface area (TPSA) is 62.3 Å². The Morgan fingerprint density at radius 1 is 1.40 bits per heavy atom. The van der Waals surface area contributed by atoms with E-state index in [1.54, 1.807) is 12.1 Å². The summed E-state index contributed by atoms with van der Waals surface area (Å²) in [5, 5.41) is 0. The van der Waals surface area contributed by atoms with Gasteiger partial charge in [0.1, 0.15) is 4.90 Å². The van der Waals surface area contributed by atoms with Gasteiger partial charge in [-0.25, -0.2) is 13.1 Å². The van der Waals surface area contributed by atoms with Crippen molar-refractivity contribution < 1.29 is 8.42 Å². The van der Waals surface area contributed by atoms with Gasteiger partial charge >= 0.3 is 0 Å². The smallest absolute Gasteiger partial charge is 0.241 e. The van der Waals surface area contributed by atoms with Crippen molar-refractivity contribution in [3.8, 4) is 0 Å². The Morgan fingerprint density at radius 2 is 2.07 bits per heavy atom. The van der Waals surface area contributed by atoms with Crippen molar-refractivity contribution in [2.75, 3.05) is 21.1 Å². The molecule has 1 aromatic rings. The maximum atomic E-state index is 11.4. The average Bonchev–Trinajstić information content (AvgIpc) is 2.18. The van der Waals surface area contributed by atoms with Crippen LogP contribution in [0.4, 0.5) is 0 Å². The van der Waals surface area contributed by atoms with Gasteiger partial charge in [-0.15, -0.1) is 0 Å². The highest BCUT2D eigenvalue weighted by atomic mass is 32.2.